The van der Waals surface area contributed by atoms with E-state index in [9.17, 15) is 52.2 Å². The van der Waals surface area contributed by atoms with Gasteiger partial charge in [-0.3, -0.25) is 47.9 Å². The van der Waals surface area contributed by atoms with Crippen molar-refractivity contribution in [3.8, 4) is 5.75 Å². The van der Waals surface area contributed by atoms with E-state index in [1.54, 1.807) is 36.4 Å². The molecule has 12 N–H and O–H groups in total. The Balaban J connectivity index is 1.05. The van der Waals surface area contributed by atoms with E-state index in [0.717, 1.165) is 4.90 Å². The number of ether oxygens (including phenoxy) is 1. The molecule has 0 unspecified atom stereocenters. The van der Waals surface area contributed by atoms with Crippen molar-refractivity contribution >= 4 is 80.9 Å². The van der Waals surface area contributed by atoms with Gasteiger partial charge >= 0.3 is 0 Å². The number of aliphatic hydroxyl groups is 1. The van der Waals surface area contributed by atoms with Crippen molar-refractivity contribution in [2.45, 2.75) is 145 Å². The molecule has 10 rings (SSSR count). The van der Waals surface area contributed by atoms with Crippen LogP contribution in [0, 0.1) is 11.6 Å². The largest absolute Gasteiger partial charge is 0.497 e. The van der Waals surface area contributed by atoms with Crippen molar-refractivity contribution in [1.82, 2.24) is 57.0 Å². The monoisotopic (exact) mass is 1270 g/mol. The number of carbonyl (C=O) groups is 10. The van der Waals surface area contributed by atoms with Gasteiger partial charge in [-0.2, -0.15) is 0 Å². The van der Waals surface area contributed by atoms with Gasteiger partial charge in [0.15, 0.2) is 0 Å². The number of nitrogens with zero attached hydrogens (tertiary/aromatic N) is 2. The van der Waals surface area contributed by atoms with E-state index in [1.807, 2.05) is 0 Å². The molecule has 0 aliphatic carbocycles. The lowest BCUT2D eigenvalue weighted by atomic mass is 9.94. The zero-order valence-electron chi connectivity index (χ0n) is 51.2. The van der Waals surface area contributed by atoms with E-state index in [4.69, 9.17) is 10.5 Å². The number of alkyl halides is 1. The van der Waals surface area contributed by atoms with Gasteiger partial charge in [0.1, 0.15) is 71.4 Å². The SMILES string of the molecule is COc1ccc(C[C@@H]2NC(=O)[C@H]([C@@H](C)O)NC(=O)[C@@H]3C[C@H](F)CN3C(=O)[C@H](Cc3c[nH]c4ccc(F)cc34)NC(=O)[C@H](Cc3c[nH]c4ccc(F)cc34)NC(=O)[C@@H](C)NC(=O)CCCCNC(=O)c3ccc(cc3)C[C@@H](C(N)=O)NC(=O)[C@]3(C)CCCN3C2=O)cc1. The van der Waals surface area contributed by atoms with E-state index in [-0.39, 0.29) is 57.2 Å². The number of methoxy groups -OCH3 is 1. The molecule has 6 heterocycles. The number of halogens is 3. The van der Waals surface area contributed by atoms with Crippen molar-refractivity contribution in [2.24, 2.45) is 5.73 Å². The van der Waals surface area contributed by atoms with Gasteiger partial charge in [-0.05, 0) is 129 Å². The highest BCUT2D eigenvalue weighted by molar-refractivity contribution is 6.00. The van der Waals surface area contributed by atoms with Crippen molar-refractivity contribution in [3.05, 3.63) is 137 Å². The molecule has 10 atom stereocenters. The molecule has 6 aromatic rings. The highest BCUT2D eigenvalue weighted by Crippen LogP contribution is 2.32. The van der Waals surface area contributed by atoms with Crippen molar-refractivity contribution in [1.29, 1.82) is 0 Å². The molecule has 0 spiro atoms. The van der Waals surface area contributed by atoms with Crippen LogP contribution in [-0.4, -0.2) is 171 Å². The number of primary amides is 1. The van der Waals surface area contributed by atoms with Gasteiger partial charge < -0.3 is 72.6 Å². The number of aromatic amines is 2. The summed E-state index contributed by atoms with van der Waals surface area (Å²) in [5.41, 5.74) is 7.08. The molecule has 2 aromatic heterocycles. The average molecular weight is 1270 g/mol. The molecule has 488 valence electrons. The van der Waals surface area contributed by atoms with Crippen molar-refractivity contribution in [3.63, 3.8) is 0 Å². The molecule has 0 saturated carbocycles. The van der Waals surface area contributed by atoms with Crippen LogP contribution >= 0.6 is 0 Å². The number of benzene rings is 4. The lowest BCUT2D eigenvalue weighted by Crippen LogP contribution is -2.64. The quantitative estimate of drug-likeness (QED) is 0.0929. The van der Waals surface area contributed by atoms with Gasteiger partial charge in [0.2, 0.25) is 53.2 Å². The van der Waals surface area contributed by atoms with Crippen molar-refractivity contribution < 1.29 is 71.0 Å². The van der Waals surface area contributed by atoms with E-state index in [0.29, 0.717) is 62.7 Å². The molecule has 4 aliphatic rings. The van der Waals surface area contributed by atoms with Crippen molar-refractivity contribution in [2.75, 3.05) is 26.7 Å². The lowest BCUT2D eigenvalue weighted by molar-refractivity contribution is -0.147. The molecule has 24 nitrogen and oxygen atoms in total. The molecular formula is C65H75F3N12O12. The van der Waals surface area contributed by atoms with Crippen LogP contribution in [0.15, 0.2) is 97.3 Å². The first kappa shape index (κ1) is 66.6. The van der Waals surface area contributed by atoms with Crippen LogP contribution in [0.5, 0.6) is 5.75 Å². The predicted octanol–water partition coefficient (Wildman–Crippen LogP) is 2.24. The molecule has 4 aliphatic heterocycles. The van der Waals surface area contributed by atoms with Crippen LogP contribution in [0.2, 0.25) is 0 Å². The predicted molar refractivity (Wildman–Crippen MR) is 329 cm³/mol. The molecule has 27 heteroatoms. The third kappa shape index (κ3) is 15.7. The van der Waals surface area contributed by atoms with Crippen LogP contribution in [-0.2, 0) is 68.8 Å². The summed E-state index contributed by atoms with van der Waals surface area (Å²) < 4.78 is 51.0. The molecule has 2 saturated heterocycles. The number of hydrogen-bond donors (Lipinski definition) is 11. The third-order valence-electron chi connectivity index (χ3n) is 17.3. The van der Waals surface area contributed by atoms with Crippen LogP contribution < -0.4 is 47.7 Å². The average Bonchev–Trinajstić information content (AvgIpc) is 1.59. The maximum absolute atomic E-state index is 16.0. The topological polar surface area (TPSA) is 348 Å². The fraction of sp³-hybridized carbons (Fsp3) is 0.415. The Morgan fingerprint density at radius 1 is 0.717 bits per heavy atom. The second-order valence-corrected chi connectivity index (χ2v) is 23.9. The van der Waals surface area contributed by atoms with E-state index in [2.05, 4.69) is 47.2 Å². The molecular weight excluding hydrogens is 1200 g/mol. The third-order valence-corrected chi connectivity index (χ3v) is 17.3. The van der Waals surface area contributed by atoms with Crippen LogP contribution in [0.4, 0.5) is 13.2 Å². The first-order valence-corrected chi connectivity index (χ1v) is 30.5. The minimum atomic E-state index is -1.88. The fourth-order valence-corrected chi connectivity index (χ4v) is 12.0. The fourth-order valence-electron chi connectivity index (χ4n) is 12.0. The minimum Gasteiger partial charge on any atom is -0.497 e. The van der Waals surface area contributed by atoms with Crippen LogP contribution in [0.3, 0.4) is 0 Å². The van der Waals surface area contributed by atoms with Gasteiger partial charge in [-0.1, -0.05) is 24.3 Å². The number of H-pyrrole nitrogens is 2. The minimum absolute atomic E-state index is 0.0167. The van der Waals surface area contributed by atoms with Gasteiger partial charge in [0.05, 0.1) is 19.8 Å². The van der Waals surface area contributed by atoms with E-state index in [1.165, 1.54) is 93.7 Å². The number of aliphatic hydroxyl groups excluding tert-OH is 1. The van der Waals surface area contributed by atoms with Gasteiger partial charge in [0, 0.05) is 91.4 Å². The zero-order chi connectivity index (χ0) is 66.1. The Kier molecular flexibility index (Phi) is 21.0. The molecule has 10 amide bonds. The second kappa shape index (κ2) is 29.0. The summed E-state index contributed by atoms with van der Waals surface area (Å²) in [5.74, 6) is -9.25. The molecule has 2 fully saturated rings. The number of nitrogens with two attached hydrogens (primary N) is 1. The molecule has 2 bridgehead atoms. The molecule has 4 aromatic carbocycles. The summed E-state index contributed by atoms with van der Waals surface area (Å²) >= 11 is 0. The van der Waals surface area contributed by atoms with Gasteiger partial charge in [-0.25, -0.2) is 13.2 Å². The number of hydrogen-bond acceptors (Lipinski definition) is 12. The summed E-state index contributed by atoms with van der Waals surface area (Å²) in [5, 5.41) is 30.5. The number of amides is 10. The van der Waals surface area contributed by atoms with Crippen LogP contribution in [0.1, 0.15) is 91.9 Å². The maximum atomic E-state index is 16.0. The summed E-state index contributed by atoms with van der Waals surface area (Å²) in [6.45, 7) is 3.51. The zero-order valence-corrected chi connectivity index (χ0v) is 51.2. The number of carbonyl (C=O) groups excluding carboxylic acids is 10. The first-order chi connectivity index (χ1) is 43.9. The highest BCUT2D eigenvalue weighted by atomic mass is 19.1. The second-order valence-electron chi connectivity index (χ2n) is 23.9. The Hall–Kier alpha value is -9.79. The summed E-state index contributed by atoms with van der Waals surface area (Å²) in [4.78, 5) is 151. The molecule has 0 radical (unpaired) electrons. The standard InChI is InChI=1S/C65H75F3N12O12/c1-34-57(84)74-50(26-39-31-71-47-19-15-41(66)28-45(39)47)59(86)75-52(27-40-32-72-48-20-16-42(67)29-46(40)48)62(89)79-33-43(68)30-53(79)60(87)78-55(35(2)81)61(88)76-51(25-37-11-17-44(92-4)18-12-37)63(90)80-23-7-21-65(80,3)64(91)77-49(56(69)83)24-36-9-13-38(14-10-36)58(85)70-22-6-5-8-54(82)73-34/h9-20,28-29,31-32,34-35,43,49-53,55,71-72,81H,5-8,21-27,30,33H2,1-4H3,(H2,69,83)(H,70,85)(H,73,82)(H,74,84)(H,75,86)(H,76,88)(H,77,91)(H,78,87)/t34-,35-,43+,49+,50+,51+,52+,53+,55+,65+/m1/s1. The number of fused-ring (bicyclic) bond motifs is 28. The normalized spacial score (nSPS) is 25.3. The molecule has 92 heavy (non-hydrogen) atoms. The summed E-state index contributed by atoms with van der Waals surface area (Å²) in [7, 11) is 1.46. The van der Waals surface area contributed by atoms with Gasteiger partial charge in [0.25, 0.3) is 5.91 Å². The smallest absolute Gasteiger partial charge is 0.251 e. The summed E-state index contributed by atoms with van der Waals surface area (Å²) in [6, 6.07) is 9.56. The number of nitrogens with one attached hydrogen (secondary N) is 9. The number of aromatic nitrogens is 2. The van der Waals surface area contributed by atoms with E-state index >= 15 is 14.0 Å². The van der Waals surface area contributed by atoms with Gasteiger partial charge in [-0.15, -0.1) is 0 Å². The number of rotatable bonds is 9. The first-order valence-electron chi connectivity index (χ1n) is 30.5. The Bertz CT molecular complexity index is 3770. The lowest BCUT2D eigenvalue weighted by Gasteiger charge is -2.37. The Labute approximate surface area is 527 Å². The summed E-state index contributed by atoms with van der Waals surface area (Å²) in [6.07, 6.45) is -1.30. The highest BCUT2D eigenvalue weighted by Gasteiger charge is 2.49. The Morgan fingerprint density at radius 2 is 1.33 bits per heavy atom. The van der Waals surface area contributed by atoms with Crippen LogP contribution in [0.25, 0.3) is 21.8 Å². The Morgan fingerprint density at radius 3 is 1.95 bits per heavy atom. The maximum Gasteiger partial charge on any atom is 0.251 e. The van der Waals surface area contributed by atoms with E-state index < -0.39 is 150 Å².